The van der Waals surface area contributed by atoms with Gasteiger partial charge in [-0.05, 0) is 32.1 Å². The number of hydrogen-bond donors (Lipinski definition) is 2. The van der Waals surface area contributed by atoms with Crippen molar-refractivity contribution in [3.05, 3.63) is 0 Å². The first-order valence-corrected chi connectivity index (χ1v) is 7.86. The smallest absolute Gasteiger partial charge is 0.317 e. The van der Waals surface area contributed by atoms with Gasteiger partial charge in [-0.2, -0.15) is 0 Å². The molecule has 20 heavy (non-hydrogen) atoms. The predicted octanol–water partition coefficient (Wildman–Crippen LogP) is 2.85. The normalized spacial score (nSPS) is 21.7. The highest BCUT2D eigenvalue weighted by atomic mass is 16.4. The van der Waals surface area contributed by atoms with Gasteiger partial charge < -0.3 is 15.3 Å². The Morgan fingerprint density at radius 3 is 2.20 bits per heavy atom. The largest absolute Gasteiger partial charge is 0.481 e. The number of carbonyl (C=O) groups is 2. The van der Waals surface area contributed by atoms with E-state index >= 15 is 0 Å². The van der Waals surface area contributed by atoms with Crippen LogP contribution in [0.5, 0.6) is 0 Å². The van der Waals surface area contributed by atoms with Crippen LogP contribution in [0.1, 0.15) is 58.8 Å². The summed E-state index contributed by atoms with van der Waals surface area (Å²) in [5.74, 6) is -1.03. The summed E-state index contributed by atoms with van der Waals surface area (Å²) in [4.78, 5) is 25.1. The van der Waals surface area contributed by atoms with Crippen LogP contribution in [0.4, 0.5) is 4.79 Å². The topological polar surface area (TPSA) is 69.6 Å². The highest BCUT2D eigenvalue weighted by Gasteiger charge is 2.31. The number of carboxylic acid groups (broad SMARTS) is 1. The molecule has 1 aliphatic rings. The van der Waals surface area contributed by atoms with E-state index in [9.17, 15) is 9.59 Å². The van der Waals surface area contributed by atoms with Crippen molar-refractivity contribution < 1.29 is 14.7 Å². The standard InChI is InChI=1S/C15H28N2O3/c1-3-5-9-17(10-6-4-2)15(20)16-13-8-7-12(11-13)14(18)19/h12-13H,3-11H2,1-2H3,(H,16,20)(H,18,19). The second-order valence-electron chi connectivity index (χ2n) is 5.69. The molecule has 116 valence electrons. The van der Waals surface area contributed by atoms with E-state index in [-0.39, 0.29) is 18.0 Å². The molecule has 2 unspecified atom stereocenters. The van der Waals surface area contributed by atoms with Gasteiger partial charge in [0.2, 0.25) is 0 Å². The maximum Gasteiger partial charge on any atom is 0.317 e. The monoisotopic (exact) mass is 284 g/mol. The summed E-state index contributed by atoms with van der Waals surface area (Å²) in [5.41, 5.74) is 0. The number of urea groups is 1. The SMILES string of the molecule is CCCCN(CCCC)C(=O)NC1CCC(C(=O)O)C1. The third kappa shape index (κ3) is 5.39. The van der Waals surface area contributed by atoms with E-state index in [0.29, 0.717) is 12.8 Å². The van der Waals surface area contributed by atoms with Crippen LogP contribution in [0.15, 0.2) is 0 Å². The minimum absolute atomic E-state index is 0.0225. The van der Waals surface area contributed by atoms with Crippen LogP contribution < -0.4 is 5.32 Å². The zero-order valence-electron chi connectivity index (χ0n) is 12.7. The van der Waals surface area contributed by atoms with E-state index in [2.05, 4.69) is 19.2 Å². The molecule has 0 heterocycles. The third-order valence-corrected chi connectivity index (χ3v) is 3.96. The van der Waals surface area contributed by atoms with Crippen molar-refractivity contribution in [2.24, 2.45) is 5.92 Å². The van der Waals surface area contributed by atoms with Crippen molar-refractivity contribution in [3.63, 3.8) is 0 Å². The van der Waals surface area contributed by atoms with Crippen LogP contribution in [0, 0.1) is 5.92 Å². The van der Waals surface area contributed by atoms with Crippen LogP contribution in [-0.4, -0.2) is 41.1 Å². The molecule has 2 amide bonds. The molecule has 1 aliphatic carbocycles. The molecule has 2 atom stereocenters. The Morgan fingerprint density at radius 2 is 1.75 bits per heavy atom. The van der Waals surface area contributed by atoms with Crippen molar-refractivity contribution in [2.75, 3.05) is 13.1 Å². The van der Waals surface area contributed by atoms with Crippen LogP contribution in [0.2, 0.25) is 0 Å². The zero-order chi connectivity index (χ0) is 15.0. The highest BCUT2D eigenvalue weighted by Crippen LogP contribution is 2.25. The van der Waals surface area contributed by atoms with Crippen molar-refractivity contribution in [1.29, 1.82) is 0 Å². The average molecular weight is 284 g/mol. The highest BCUT2D eigenvalue weighted by molar-refractivity contribution is 5.75. The van der Waals surface area contributed by atoms with Gasteiger partial charge in [-0.15, -0.1) is 0 Å². The number of carboxylic acids is 1. The fourth-order valence-corrected chi connectivity index (χ4v) is 2.62. The van der Waals surface area contributed by atoms with Crippen LogP contribution >= 0.6 is 0 Å². The molecule has 0 spiro atoms. The van der Waals surface area contributed by atoms with Crippen molar-refractivity contribution >= 4 is 12.0 Å². The lowest BCUT2D eigenvalue weighted by Gasteiger charge is -2.25. The Morgan fingerprint density at radius 1 is 1.15 bits per heavy atom. The van der Waals surface area contributed by atoms with Crippen LogP contribution in [0.25, 0.3) is 0 Å². The first-order chi connectivity index (χ1) is 9.58. The maximum absolute atomic E-state index is 12.3. The van der Waals surface area contributed by atoms with Gasteiger partial charge in [0.05, 0.1) is 5.92 Å². The second kappa shape index (κ2) is 8.82. The number of nitrogens with zero attached hydrogens (tertiary/aromatic N) is 1. The molecule has 0 saturated heterocycles. The van der Waals surface area contributed by atoms with Gasteiger partial charge in [0, 0.05) is 19.1 Å². The van der Waals surface area contributed by atoms with E-state index in [1.807, 2.05) is 4.90 Å². The van der Waals surface area contributed by atoms with Gasteiger partial charge in [0.15, 0.2) is 0 Å². The first-order valence-electron chi connectivity index (χ1n) is 7.86. The zero-order valence-corrected chi connectivity index (χ0v) is 12.7. The molecular weight excluding hydrogens is 256 g/mol. The third-order valence-electron chi connectivity index (χ3n) is 3.96. The van der Waals surface area contributed by atoms with Gasteiger partial charge in [-0.3, -0.25) is 4.79 Å². The molecule has 0 aliphatic heterocycles. The molecule has 0 radical (unpaired) electrons. The number of rotatable bonds is 8. The van der Waals surface area contributed by atoms with Crippen LogP contribution in [0.3, 0.4) is 0 Å². The molecule has 5 nitrogen and oxygen atoms in total. The summed E-state index contributed by atoms with van der Waals surface area (Å²) in [6, 6.07) is -0.00251. The summed E-state index contributed by atoms with van der Waals surface area (Å²) in [7, 11) is 0. The fraction of sp³-hybridized carbons (Fsp3) is 0.867. The summed E-state index contributed by atoms with van der Waals surface area (Å²) in [5, 5.41) is 12.0. The predicted molar refractivity (Wildman–Crippen MR) is 78.7 cm³/mol. The average Bonchev–Trinajstić information content (AvgIpc) is 2.87. The van der Waals surface area contributed by atoms with Gasteiger partial charge >= 0.3 is 12.0 Å². The number of hydrogen-bond acceptors (Lipinski definition) is 2. The molecule has 2 N–H and O–H groups in total. The lowest BCUT2D eigenvalue weighted by molar-refractivity contribution is -0.141. The minimum Gasteiger partial charge on any atom is -0.481 e. The second-order valence-corrected chi connectivity index (χ2v) is 5.69. The van der Waals surface area contributed by atoms with Gasteiger partial charge in [0.25, 0.3) is 0 Å². The maximum atomic E-state index is 12.3. The number of aliphatic carboxylic acids is 1. The van der Waals surface area contributed by atoms with Crippen molar-refractivity contribution in [1.82, 2.24) is 10.2 Å². The van der Waals surface area contributed by atoms with E-state index < -0.39 is 5.97 Å². The Bertz CT molecular complexity index is 312. The number of nitrogens with one attached hydrogen (secondary N) is 1. The summed E-state index contributed by atoms with van der Waals surface area (Å²) in [6.45, 7) is 5.81. The quantitative estimate of drug-likeness (QED) is 0.720. The first kappa shape index (κ1) is 16.8. The minimum atomic E-state index is -0.740. The molecule has 1 fully saturated rings. The summed E-state index contributed by atoms with van der Waals surface area (Å²) in [6.07, 6.45) is 6.18. The number of amides is 2. The molecule has 0 aromatic rings. The Labute approximate surface area is 121 Å². The summed E-state index contributed by atoms with van der Waals surface area (Å²) >= 11 is 0. The molecular formula is C15H28N2O3. The number of unbranched alkanes of at least 4 members (excludes halogenated alkanes) is 2. The van der Waals surface area contributed by atoms with E-state index in [1.165, 1.54) is 0 Å². The molecule has 0 aromatic heterocycles. The molecule has 1 rings (SSSR count). The van der Waals surface area contributed by atoms with Gasteiger partial charge in [-0.25, -0.2) is 4.79 Å². The van der Waals surface area contributed by atoms with E-state index in [1.54, 1.807) is 0 Å². The molecule has 0 aromatic carbocycles. The Balaban J connectivity index is 2.42. The van der Waals surface area contributed by atoms with E-state index in [0.717, 1.165) is 45.2 Å². The van der Waals surface area contributed by atoms with Gasteiger partial charge in [0.1, 0.15) is 0 Å². The van der Waals surface area contributed by atoms with Crippen LogP contribution in [-0.2, 0) is 4.79 Å². The summed E-state index contributed by atoms with van der Waals surface area (Å²) < 4.78 is 0. The Kier molecular flexibility index (Phi) is 7.41. The lowest BCUT2D eigenvalue weighted by Crippen LogP contribution is -2.45. The Hall–Kier alpha value is -1.26. The van der Waals surface area contributed by atoms with Gasteiger partial charge in [-0.1, -0.05) is 26.7 Å². The molecule has 5 heteroatoms. The van der Waals surface area contributed by atoms with Crippen molar-refractivity contribution in [2.45, 2.75) is 64.8 Å². The van der Waals surface area contributed by atoms with E-state index in [4.69, 9.17) is 5.11 Å². The number of carbonyl (C=O) groups excluding carboxylic acids is 1. The fourth-order valence-electron chi connectivity index (χ4n) is 2.62. The molecule has 1 saturated carbocycles. The van der Waals surface area contributed by atoms with Crippen molar-refractivity contribution in [3.8, 4) is 0 Å². The lowest BCUT2D eigenvalue weighted by atomic mass is 10.1. The molecule has 0 bridgehead atoms.